The smallest absolute Gasteiger partial charge is 0.330 e. The highest BCUT2D eigenvalue weighted by atomic mass is 79.9. The van der Waals surface area contributed by atoms with Gasteiger partial charge in [-0.05, 0) is 42.8 Å². The van der Waals surface area contributed by atoms with Crippen molar-refractivity contribution in [1.29, 1.82) is 0 Å². The van der Waals surface area contributed by atoms with Crippen LogP contribution in [0.25, 0.3) is 17.2 Å². The zero-order valence-electron chi connectivity index (χ0n) is 15.1. The molecule has 0 spiro atoms. The van der Waals surface area contributed by atoms with Crippen molar-refractivity contribution in [3.05, 3.63) is 83.1 Å². The first-order valence-corrected chi connectivity index (χ1v) is 10.8. The van der Waals surface area contributed by atoms with Gasteiger partial charge in [-0.3, -0.25) is 0 Å². The van der Waals surface area contributed by atoms with Crippen LogP contribution >= 0.6 is 15.9 Å². The zero-order valence-corrected chi connectivity index (χ0v) is 17.5. The lowest BCUT2D eigenvalue weighted by Gasteiger charge is -2.05. The highest BCUT2D eigenvalue weighted by molar-refractivity contribution is 9.10. The molecule has 0 saturated carbocycles. The van der Waals surface area contributed by atoms with Crippen LogP contribution in [0, 0.1) is 0 Å². The number of esters is 1. The summed E-state index contributed by atoms with van der Waals surface area (Å²) in [6.45, 7) is 1.99. The van der Waals surface area contributed by atoms with E-state index < -0.39 is 16.0 Å². The molecule has 3 aromatic rings. The minimum absolute atomic E-state index is 0.187. The van der Waals surface area contributed by atoms with Crippen molar-refractivity contribution in [1.82, 2.24) is 3.97 Å². The third-order valence-corrected chi connectivity index (χ3v) is 6.10. The Morgan fingerprint density at radius 1 is 1.11 bits per heavy atom. The third-order valence-electron chi connectivity index (χ3n) is 3.97. The van der Waals surface area contributed by atoms with Crippen molar-refractivity contribution in [2.24, 2.45) is 0 Å². The molecule has 0 bridgehead atoms. The molecule has 0 aliphatic carbocycles. The van der Waals surface area contributed by atoms with E-state index in [9.17, 15) is 13.2 Å². The Kier molecular flexibility index (Phi) is 6.16. The van der Waals surface area contributed by atoms with Gasteiger partial charge in [0.25, 0.3) is 10.0 Å². The molecule has 144 valence electrons. The SMILES string of the molecule is CCOC(=O)/C=C/c1cn(S(=O)(=O)c2ccccc2)cc1-c1cccc(Br)c1. The van der Waals surface area contributed by atoms with Gasteiger partial charge in [0, 0.05) is 34.1 Å². The summed E-state index contributed by atoms with van der Waals surface area (Å²) in [5, 5.41) is 0. The number of ether oxygens (including phenoxy) is 1. The highest BCUT2D eigenvalue weighted by Crippen LogP contribution is 2.30. The number of halogens is 1. The number of carbonyl (C=O) groups is 1. The molecule has 2 aromatic carbocycles. The van der Waals surface area contributed by atoms with E-state index in [4.69, 9.17) is 4.74 Å². The normalized spacial score (nSPS) is 11.6. The number of benzene rings is 2. The number of carbonyl (C=O) groups excluding carboxylic acids is 1. The van der Waals surface area contributed by atoms with Crippen molar-refractivity contribution >= 4 is 38.0 Å². The fraction of sp³-hybridized carbons (Fsp3) is 0.0952. The molecular formula is C21H18BrNO4S. The Hall–Kier alpha value is -2.64. The summed E-state index contributed by atoms with van der Waals surface area (Å²) < 4.78 is 32.9. The molecule has 0 atom stereocenters. The van der Waals surface area contributed by atoms with E-state index in [1.165, 1.54) is 16.2 Å². The van der Waals surface area contributed by atoms with Crippen molar-refractivity contribution in [2.45, 2.75) is 11.8 Å². The first-order chi connectivity index (χ1) is 13.4. The first-order valence-electron chi connectivity index (χ1n) is 8.55. The van der Waals surface area contributed by atoms with Gasteiger partial charge in [0.2, 0.25) is 0 Å². The molecule has 7 heteroatoms. The highest BCUT2D eigenvalue weighted by Gasteiger charge is 2.19. The Labute approximate surface area is 172 Å². The van der Waals surface area contributed by atoms with Crippen LogP contribution in [0.3, 0.4) is 0 Å². The van der Waals surface area contributed by atoms with E-state index in [-0.39, 0.29) is 11.5 Å². The lowest BCUT2D eigenvalue weighted by Crippen LogP contribution is -2.10. The second-order valence-corrected chi connectivity index (χ2v) is 8.63. The van der Waals surface area contributed by atoms with E-state index in [0.29, 0.717) is 11.1 Å². The van der Waals surface area contributed by atoms with E-state index in [1.54, 1.807) is 49.5 Å². The van der Waals surface area contributed by atoms with Gasteiger partial charge in [0.05, 0.1) is 11.5 Å². The maximum absolute atomic E-state index is 13.0. The number of rotatable bonds is 6. The molecule has 0 aliphatic heterocycles. The van der Waals surface area contributed by atoms with Crippen molar-refractivity contribution in [3.8, 4) is 11.1 Å². The van der Waals surface area contributed by atoms with Gasteiger partial charge in [-0.15, -0.1) is 0 Å². The van der Waals surface area contributed by atoms with Gasteiger partial charge in [0.15, 0.2) is 0 Å². The molecule has 1 heterocycles. The number of hydrogen-bond acceptors (Lipinski definition) is 4. The molecule has 28 heavy (non-hydrogen) atoms. The van der Waals surface area contributed by atoms with Crippen molar-refractivity contribution < 1.29 is 17.9 Å². The molecule has 0 fully saturated rings. The molecule has 1 aromatic heterocycles. The van der Waals surface area contributed by atoms with Gasteiger partial charge in [-0.1, -0.05) is 46.3 Å². The van der Waals surface area contributed by atoms with Gasteiger partial charge in [-0.2, -0.15) is 0 Å². The Balaban J connectivity index is 2.11. The molecule has 0 amide bonds. The predicted molar refractivity (Wildman–Crippen MR) is 112 cm³/mol. The topological polar surface area (TPSA) is 65.4 Å². The zero-order chi connectivity index (χ0) is 20.1. The van der Waals surface area contributed by atoms with E-state index in [1.807, 2.05) is 24.3 Å². The average Bonchev–Trinajstić information content (AvgIpc) is 3.12. The fourth-order valence-corrected chi connectivity index (χ4v) is 4.32. The molecule has 3 rings (SSSR count). The number of hydrogen-bond donors (Lipinski definition) is 0. The second kappa shape index (κ2) is 8.58. The molecule has 0 radical (unpaired) electrons. The Bertz CT molecular complexity index is 1120. The van der Waals surface area contributed by atoms with Crippen molar-refractivity contribution in [3.63, 3.8) is 0 Å². The lowest BCUT2D eigenvalue weighted by molar-refractivity contribution is -0.137. The first kappa shape index (κ1) is 20.1. The van der Waals surface area contributed by atoms with Gasteiger partial charge >= 0.3 is 5.97 Å². The summed E-state index contributed by atoms with van der Waals surface area (Å²) in [5.74, 6) is -0.485. The van der Waals surface area contributed by atoms with Crippen LogP contribution in [0.5, 0.6) is 0 Å². The summed E-state index contributed by atoms with van der Waals surface area (Å²) in [6.07, 6.45) is 5.90. The van der Waals surface area contributed by atoms with Gasteiger partial charge in [0.1, 0.15) is 0 Å². The monoisotopic (exact) mass is 459 g/mol. The van der Waals surface area contributed by atoms with Crippen LogP contribution in [-0.4, -0.2) is 25.0 Å². The average molecular weight is 460 g/mol. The van der Waals surface area contributed by atoms with E-state index >= 15 is 0 Å². The summed E-state index contributed by atoms with van der Waals surface area (Å²) in [5.41, 5.74) is 2.09. The summed E-state index contributed by atoms with van der Waals surface area (Å²) in [6, 6.07) is 15.7. The standard InChI is InChI=1S/C21H18BrNO4S/c1-2-27-21(24)12-11-17-14-23(28(25,26)19-9-4-3-5-10-19)15-20(17)16-7-6-8-18(22)13-16/h3-15H,2H2,1H3/b12-11+. The maximum Gasteiger partial charge on any atom is 0.330 e. The van der Waals surface area contributed by atoms with Gasteiger partial charge in [-0.25, -0.2) is 17.2 Å². The largest absolute Gasteiger partial charge is 0.463 e. The summed E-state index contributed by atoms with van der Waals surface area (Å²) in [4.78, 5) is 11.9. The minimum Gasteiger partial charge on any atom is -0.463 e. The molecular weight excluding hydrogens is 442 g/mol. The minimum atomic E-state index is -3.75. The van der Waals surface area contributed by atoms with Crippen LogP contribution in [0.15, 0.2) is 82.4 Å². The van der Waals surface area contributed by atoms with E-state index in [0.717, 1.165) is 10.0 Å². The van der Waals surface area contributed by atoms with Crippen molar-refractivity contribution in [2.75, 3.05) is 6.61 Å². The second-order valence-electron chi connectivity index (χ2n) is 5.87. The van der Waals surface area contributed by atoms with Crippen LogP contribution < -0.4 is 0 Å². The van der Waals surface area contributed by atoms with Gasteiger partial charge < -0.3 is 4.74 Å². The number of aromatic nitrogens is 1. The van der Waals surface area contributed by atoms with Crippen LogP contribution in [0.1, 0.15) is 12.5 Å². The quantitative estimate of drug-likeness (QED) is 0.394. The molecule has 0 N–H and O–H groups in total. The lowest BCUT2D eigenvalue weighted by atomic mass is 10.0. The molecule has 0 aliphatic rings. The maximum atomic E-state index is 13.0. The predicted octanol–water partition coefficient (Wildman–Crippen LogP) is 4.73. The van der Waals surface area contributed by atoms with E-state index in [2.05, 4.69) is 15.9 Å². The Morgan fingerprint density at radius 2 is 1.86 bits per heavy atom. The third kappa shape index (κ3) is 4.43. The molecule has 0 saturated heterocycles. The van der Waals surface area contributed by atoms with Crippen LogP contribution in [0.2, 0.25) is 0 Å². The summed E-state index contributed by atoms with van der Waals surface area (Å²) in [7, 11) is -3.75. The fourth-order valence-electron chi connectivity index (χ4n) is 2.68. The molecule has 0 unspecified atom stereocenters. The van der Waals surface area contributed by atoms with Crippen LogP contribution in [0.4, 0.5) is 0 Å². The van der Waals surface area contributed by atoms with Crippen LogP contribution in [-0.2, 0) is 19.6 Å². The number of nitrogens with zero attached hydrogens (tertiary/aromatic N) is 1. The summed E-state index contributed by atoms with van der Waals surface area (Å²) >= 11 is 3.43. The molecule has 5 nitrogen and oxygen atoms in total. The Morgan fingerprint density at radius 3 is 2.54 bits per heavy atom.